The smallest absolute Gasteiger partial charge is 0.193 e. The fraction of sp³-hybridized carbons (Fsp3) is 0.682. The van der Waals surface area contributed by atoms with Gasteiger partial charge in [-0.15, -0.1) is 0 Å². The van der Waals surface area contributed by atoms with Gasteiger partial charge in [0, 0.05) is 50.1 Å². The van der Waals surface area contributed by atoms with Gasteiger partial charge in [0.05, 0.1) is 19.8 Å². The maximum atomic E-state index is 6.11. The van der Waals surface area contributed by atoms with Crippen molar-refractivity contribution in [1.29, 1.82) is 0 Å². The normalized spacial score (nSPS) is 22.0. The number of ether oxygens (including phenoxy) is 2. The lowest BCUT2D eigenvalue weighted by Gasteiger charge is -2.32. The molecule has 0 amide bonds. The number of hydrogen-bond donors (Lipinski definition) is 1. The highest BCUT2D eigenvalue weighted by atomic mass is 35.5. The second-order valence-corrected chi connectivity index (χ2v) is 8.50. The summed E-state index contributed by atoms with van der Waals surface area (Å²) in [4.78, 5) is 6.93. The van der Waals surface area contributed by atoms with Gasteiger partial charge in [0.25, 0.3) is 0 Å². The van der Waals surface area contributed by atoms with E-state index in [0.717, 1.165) is 43.6 Å². The Kier molecular flexibility index (Phi) is 8.00. The van der Waals surface area contributed by atoms with Crippen LogP contribution in [-0.2, 0) is 14.9 Å². The number of guanidine groups is 1. The van der Waals surface area contributed by atoms with Gasteiger partial charge in [0.1, 0.15) is 0 Å². The van der Waals surface area contributed by atoms with Crippen molar-refractivity contribution in [2.24, 2.45) is 10.9 Å². The van der Waals surface area contributed by atoms with E-state index in [1.54, 1.807) is 7.11 Å². The van der Waals surface area contributed by atoms with Crippen molar-refractivity contribution < 1.29 is 9.47 Å². The third kappa shape index (κ3) is 5.40. The first-order valence-electron chi connectivity index (χ1n) is 10.5. The number of methoxy groups -OCH3 is 1. The summed E-state index contributed by atoms with van der Waals surface area (Å²) in [5.74, 6) is 1.58. The van der Waals surface area contributed by atoms with Gasteiger partial charge in [-0.2, -0.15) is 0 Å². The van der Waals surface area contributed by atoms with Crippen LogP contribution in [0.2, 0.25) is 5.02 Å². The van der Waals surface area contributed by atoms with Crippen molar-refractivity contribution in [3.8, 4) is 0 Å². The highest BCUT2D eigenvalue weighted by Gasteiger charge is 2.36. The lowest BCUT2D eigenvalue weighted by atomic mass is 9.79. The number of benzene rings is 1. The Balaban J connectivity index is 1.55. The van der Waals surface area contributed by atoms with Gasteiger partial charge in [-0.25, -0.2) is 0 Å². The molecule has 1 aromatic carbocycles. The molecule has 0 bridgehead atoms. The summed E-state index contributed by atoms with van der Waals surface area (Å²) in [5, 5.41) is 4.49. The van der Waals surface area contributed by atoms with Crippen LogP contribution in [0.15, 0.2) is 29.3 Å². The Labute approximate surface area is 174 Å². The molecule has 1 aromatic rings. The van der Waals surface area contributed by atoms with Gasteiger partial charge < -0.3 is 19.7 Å². The van der Waals surface area contributed by atoms with Crippen molar-refractivity contribution in [3.63, 3.8) is 0 Å². The van der Waals surface area contributed by atoms with E-state index >= 15 is 0 Å². The van der Waals surface area contributed by atoms with E-state index in [2.05, 4.69) is 27.3 Å². The zero-order chi connectivity index (χ0) is 19.8. The van der Waals surface area contributed by atoms with Crippen molar-refractivity contribution in [1.82, 2.24) is 10.2 Å². The molecule has 156 valence electrons. The van der Waals surface area contributed by atoms with E-state index < -0.39 is 0 Å². The second-order valence-electron chi connectivity index (χ2n) is 8.06. The molecule has 3 rings (SSSR count). The van der Waals surface area contributed by atoms with Gasteiger partial charge in [-0.05, 0) is 37.0 Å². The van der Waals surface area contributed by atoms with E-state index in [-0.39, 0.29) is 5.41 Å². The molecule has 0 spiro atoms. The molecule has 1 saturated carbocycles. The van der Waals surface area contributed by atoms with E-state index in [0.29, 0.717) is 19.1 Å². The molecule has 1 N–H and O–H groups in total. The molecule has 5 nitrogen and oxygen atoms in total. The molecule has 1 atom stereocenters. The maximum Gasteiger partial charge on any atom is 0.193 e. The molecule has 1 unspecified atom stereocenters. The zero-order valence-electron chi connectivity index (χ0n) is 17.3. The van der Waals surface area contributed by atoms with Crippen LogP contribution in [0.3, 0.4) is 0 Å². The van der Waals surface area contributed by atoms with Crippen LogP contribution in [0.25, 0.3) is 0 Å². The van der Waals surface area contributed by atoms with Gasteiger partial charge in [0.2, 0.25) is 0 Å². The lowest BCUT2D eigenvalue weighted by molar-refractivity contribution is 0.0536. The molecule has 2 fully saturated rings. The zero-order valence-corrected chi connectivity index (χ0v) is 18.0. The first-order chi connectivity index (χ1) is 13.7. The monoisotopic (exact) mass is 407 g/mol. The molecule has 0 aromatic heterocycles. The number of aliphatic imine (C=N–C) groups is 1. The number of halogens is 1. The SMILES string of the molecule is CN=C(NCC1(c2ccc(Cl)cc2)CCCC1)N1CCC(COCCOC)C1. The summed E-state index contributed by atoms with van der Waals surface area (Å²) in [6.45, 7) is 5.08. The minimum Gasteiger partial charge on any atom is -0.382 e. The minimum atomic E-state index is 0.183. The highest BCUT2D eigenvalue weighted by molar-refractivity contribution is 6.30. The Morgan fingerprint density at radius 2 is 2.00 bits per heavy atom. The Morgan fingerprint density at radius 3 is 2.68 bits per heavy atom. The van der Waals surface area contributed by atoms with Gasteiger partial charge in [-0.1, -0.05) is 36.6 Å². The van der Waals surface area contributed by atoms with Crippen LogP contribution in [-0.4, -0.2) is 64.5 Å². The molecule has 28 heavy (non-hydrogen) atoms. The summed E-state index contributed by atoms with van der Waals surface area (Å²) in [6, 6.07) is 8.42. The van der Waals surface area contributed by atoms with Crippen molar-refractivity contribution in [2.75, 3.05) is 53.6 Å². The molecule has 1 heterocycles. The molecule has 6 heteroatoms. The molecular formula is C22H34ClN3O2. The third-order valence-electron chi connectivity index (χ3n) is 6.18. The Hall–Kier alpha value is -1.30. The molecule has 1 aliphatic carbocycles. The van der Waals surface area contributed by atoms with E-state index in [4.69, 9.17) is 21.1 Å². The van der Waals surface area contributed by atoms with Crippen LogP contribution in [0.5, 0.6) is 0 Å². The van der Waals surface area contributed by atoms with Crippen LogP contribution >= 0.6 is 11.6 Å². The van der Waals surface area contributed by atoms with E-state index in [1.807, 2.05) is 19.2 Å². The largest absolute Gasteiger partial charge is 0.382 e. The van der Waals surface area contributed by atoms with Gasteiger partial charge in [0.15, 0.2) is 5.96 Å². The first kappa shape index (κ1) is 21.4. The Morgan fingerprint density at radius 1 is 1.25 bits per heavy atom. The number of rotatable bonds is 8. The fourth-order valence-electron chi connectivity index (χ4n) is 4.56. The predicted molar refractivity (Wildman–Crippen MR) is 115 cm³/mol. The van der Waals surface area contributed by atoms with Crippen LogP contribution in [0, 0.1) is 5.92 Å². The summed E-state index contributed by atoms with van der Waals surface area (Å²) >= 11 is 6.11. The first-order valence-corrected chi connectivity index (χ1v) is 10.8. The summed E-state index contributed by atoms with van der Waals surface area (Å²) in [7, 11) is 3.59. The number of nitrogens with one attached hydrogen (secondary N) is 1. The Bertz CT molecular complexity index is 629. The third-order valence-corrected chi connectivity index (χ3v) is 6.44. The standard InChI is InChI=1S/C22H34ClN3O2/c1-24-21(26-12-9-18(15-26)16-28-14-13-27-2)25-17-22(10-3-4-11-22)19-5-7-20(23)8-6-19/h5-8,18H,3-4,9-17H2,1-2H3,(H,24,25). The molecule has 2 aliphatic rings. The quantitative estimate of drug-likeness (QED) is 0.405. The molecule has 1 aliphatic heterocycles. The average molecular weight is 408 g/mol. The van der Waals surface area contributed by atoms with Gasteiger partial charge in [-0.3, -0.25) is 4.99 Å². The topological polar surface area (TPSA) is 46.1 Å². The molecule has 0 radical (unpaired) electrons. The summed E-state index contributed by atoms with van der Waals surface area (Å²) in [5.41, 5.74) is 1.58. The lowest BCUT2D eigenvalue weighted by Crippen LogP contribution is -2.46. The van der Waals surface area contributed by atoms with Crippen LogP contribution in [0.4, 0.5) is 0 Å². The van der Waals surface area contributed by atoms with E-state index in [9.17, 15) is 0 Å². The number of nitrogens with zero attached hydrogens (tertiary/aromatic N) is 2. The van der Waals surface area contributed by atoms with Crippen LogP contribution < -0.4 is 5.32 Å². The highest BCUT2D eigenvalue weighted by Crippen LogP contribution is 2.41. The summed E-state index contributed by atoms with van der Waals surface area (Å²) < 4.78 is 10.8. The van der Waals surface area contributed by atoms with Crippen LogP contribution in [0.1, 0.15) is 37.7 Å². The second kappa shape index (κ2) is 10.5. The van der Waals surface area contributed by atoms with Crippen molar-refractivity contribution >= 4 is 17.6 Å². The fourth-order valence-corrected chi connectivity index (χ4v) is 4.68. The maximum absolute atomic E-state index is 6.11. The summed E-state index contributed by atoms with van der Waals surface area (Å²) in [6.07, 6.45) is 6.15. The van der Waals surface area contributed by atoms with Crippen molar-refractivity contribution in [2.45, 2.75) is 37.5 Å². The number of hydrogen-bond acceptors (Lipinski definition) is 3. The predicted octanol–water partition coefficient (Wildman–Crippen LogP) is 3.71. The minimum absolute atomic E-state index is 0.183. The number of likely N-dealkylation sites (tertiary alicyclic amines) is 1. The molecule has 1 saturated heterocycles. The van der Waals surface area contributed by atoms with Gasteiger partial charge >= 0.3 is 0 Å². The van der Waals surface area contributed by atoms with E-state index in [1.165, 1.54) is 31.2 Å². The average Bonchev–Trinajstić information content (AvgIpc) is 3.37. The molecular weight excluding hydrogens is 374 g/mol. The van der Waals surface area contributed by atoms with Crippen molar-refractivity contribution in [3.05, 3.63) is 34.9 Å².